The van der Waals surface area contributed by atoms with Gasteiger partial charge >= 0.3 is 0 Å². The Bertz CT molecular complexity index is 400. The van der Waals surface area contributed by atoms with Crippen LogP contribution >= 0.6 is 0 Å². The lowest BCUT2D eigenvalue weighted by atomic mass is 9.88. The number of aryl methyl sites for hydroxylation is 1. The molecule has 0 aliphatic heterocycles. The Hall–Kier alpha value is -0.860. The molecule has 1 saturated carbocycles. The average molecular weight is 259 g/mol. The first kappa shape index (κ1) is 13.1. The van der Waals surface area contributed by atoms with E-state index < -0.39 is 0 Å². The van der Waals surface area contributed by atoms with Crippen LogP contribution in [0.1, 0.15) is 36.8 Å². The molecule has 1 unspecified atom stereocenters. The zero-order valence-electron chi connectivity index (χ0n) is 11.7. The summed E-state index contributed by atoms with van der Waals surface area (Å²) in [6, 6.07) is 9.54. The molecule has 0 heterocycles. The van der Waals surface area contributed by atoms with Crippen LogP contribution in [0.2, 0.25) is 0 Å². The summed E-state index contributed by atoms with van der Waals surface area (Å²) in [7, 11) is 0. The van der Waals surface area contributed by atoms with Gasteiger partial charge in [-0.3, -0.25) is 0 Å². The Morgan fingerprint density at radius 1 is 1.11 bits per heavy atom. The standard InChI is InChI=1S/C17H25NO/c1-2-5-16-12-17(9-8-15(16)4-1)18-10-3-11-19-13-14-6-7-14/h1-2,4-5,14,17-18H,3,6-13H2. The summed E-state index contributed by atoms with van der Waals surface area (Å²) in [5, 5.41) is 3.69. The minimum absolute atomic E-state index is 0.665. The first-order valence-electron chi connectivity index (χ1n) is 7.80. The zero-order valence-corrected chi connectivity index (χ0v) is 11.7. The number of hydrogen-bond donors (Lipinski definition) is 1. The van der Waals surface area contributed by atoms with E-state index in [2.05, 4.69) is 29.6 Å². The number of rotatable bonds is 7. The van der Waals surface area contributed by atoms with Gasteiger partial charge in [0.05, 0.1) is 0 Å². The van der Waals surface area contributed by atoms with E-state index in [1.54, 1.807) is 5.56 Å². The van der Waals surface area contributed by atoms with Crippen LogP contribution in [-0.2, 0) is 17.6 Å². The second kappa shape index (κ2) is 6.53. The van der Waals surface area contributed by atoms with Crippen LogP contribution in [0.15, 0.2) is 24.3 Å². The van der Waals surface area contributed by atoms with E-state index >= 15 is 0 Å². The fourth-order valence-electron chi connectivity index (χ4n) is 2.89. The lowest BCUT2D eigenvalue weighted by molar-refractivity contribution is 0.121. The molecule has 19 heavy (non-hydrogen) atoms. The molecule has 2 aliphatic carbocycles. The molecule has 1 aromatic rings. The maximum atomic E-state index is 5.66. The molecule has 1 N–H and O–H groups in total. The first-order chi connectivity index (χ1) is 9.42. The molecule has 104 valence electrons. The van der Waals surface area contributed by atoms with Crippen LogP contribution in [0.5, 0.6) is 0 Å². The van der Waals surface area contributed by atoms with Gasteiger partial charge in [0.1, 0.15) is 0 Å². The van der Waals surface area contributed by atoms with Crippen LogP contribution in [0, 0.1) is 5.92 Å². The molecule has 1 fully saturated rings. The van der Waals surface area contributed by atoms with Crippen molar-refractivity contribution in [3.8, 4) is 0 Å². The molecule has 2 aliphatic rings. The van der Waals surface area contributed by atoms with Crippen LogP contribution in [0.4, 0.5) is 0 Å². The molecule has 0 radical (unpaired) electrons. The van der Waals surface area contributed by atoms with Gasteiger partial charge in [-0.2, -0.15) is 0 Å². The Labute approximate surface area is 116 Å². The number of nitrogens with one attached hydrogen (secondary N) is 1. The van der Waals surface area contributed by atoms with Crippen molar-refractivity contribution in [1.29, 1.82) is 0 Å². The Morgan fingerprint density at radius 2 is 1.95 bits per heavy atom. The van der Waals surface area contributed by atoms with Gasteiger partial charge in [0, 0.05) is 19.3 Å². The van der Waals surface area contributed by atoms with Gasteiger partial charge in [0.2, 0.25) is 0 Å². The molecule has 0 saturated heterocycles. The molecular formula is C17H25NO. The molecule has 0 amide bonds. The highest BCUT2D eigenvalue weighted by atomic mass is 16.5. The SMILES string of the molecule is c1ccc2c(c1)CCC(NCCCOCC1CC1)C2. The van der Waals surface area contributed by atoms with E-state index in [1.165, 1.54) is 37.7 Å². The largest absolute Gasteiger partial charge is 0.381 e. The Balaban J connectivity index is 1.31. The van der Waals surface area contributed by atoms with Gasteiger partial charge in [-0.15, -0.1) is 0 Å². The third-order valence-electron chi connectivity index (χ3n) is 4.30. The predicted molar refractivity (Wildman–Crippen MR) is 78.4 cm³/mol. The molecule has 3 rings (SSSR count). The van der Waals surface area contributed by atoms with Gasteiger partial charge in [-0.05, 0) is 62.1 Å². The van der Waals surface area contributed by atoms with Crippen molar-refractivity contribution in [2.45, 2.75) is 44.6 Å². The van der Waals surface area contributed by atoms with Crippen LogP contribution in [0.25, 0.3) is 0 Å². The van der Waals surface area contributed by atoms with E-state index in [4.69, 9.17) is 4.74 Å². The maximum Gasteiger partial charge on any atom is 0.0494 e. The van der Waals surface area contributed by atoms with Crippen LogP contribution < -0.4 is 5.32 Å². The minimum atomic E-state index is 0.665. The van der Waals surface area contributed by atoms with Gasteiger partial charge in [-0.25, -0.2) is 0 Å². The fraction of sp³-hybridized carbons (Fsp3) is 0.647. The predicted octanol–water partition coefficient (Wildman–Crippen LogP) is 2.95. The summed E-state index contributed by atoms with van der Waals surface area (Å²) in [5.74, 6) is 0.891. The van der Waals surface area contributed by atoms with Crippen molar-refractivity contribution in [2.24, 2.45) is 5.92 Å². The van der Waals surface area contributed by atoms with Crippen molar-refractivity contribution in [3.63, 3.8) is 0 Å². The van der Waals surface area contributed by atoms with Gasteiger partial charge in [0.15, 0.2) is 0 Å². The lowest BCUT2D eigenvalue weighted by Crippen LogP contribution is -2.35. The summed E-state index contributed by atoms with van der Waals surface area (Å²) in [6.45, 7) is 3.01. The van der Waals surface area contributed by atoms with E-state index in [-0.39, 0.29) is 0 Å². The summed E-state index contributed by atoms with van der Waals surface area (Å²) >= 11 is 0. The molecule has 0 aromatic heterocycles. The Kier molecular flexibility index (Phi) is 4.52. The van der Waals surface area contributed by atoms with Crippen LogP contribution in [0.3, 0.4) is 0 Å². The molecule has 0 spiro atoms. The van der Waals surface area contributed by atoms with E-state index in [0.29, 0.717) is 6.04 Å². The second-order valence-corrected chi connectivity index (χ2v) is 6.03. The molecule has 0 bridgehead atoms. The second-order valence-electron chi connectivity index (χ2n) is 6.03. The smallest absolute Gasteiger partial charge is 0.0494 e. The van der Waals surface area contributed by atoms with E-state index in [0.717, 1.165) is 32.1 Å². The van der Waals surface area contributed by atoms with E-state index in [9.17, 15) is 0 Å². The number of benzene rings is 1. The highest BCUT2D eigenvalue weighted by molar-refractivity contribution is 5.30. The quantitative estimate of drug-likeness (QED) is 0.760. The monoisotopic (exact) mass is 259 g/mol. The molecule has 1 aromatic carbocycles. The number of ether oxygens (including phenoxy) is 1. The third kappa shape index (κ3) is 4.05. The van der Waals surface area contributed by atoms with Crippen LogP contribution in [-0.4, -0.2) is 25.8 Å². The molecule has 2 heteroatoms. The van der Waals surface area contributed by atoms with Crippen molar-refractivity contribution in [1.82, 2.24) is 5.32 Å². The van der Waals surface area contributed by atoms with Crippen molar-refractivity contribution >= 4 is 0 Å². The van der Waals surface area contributed by atoms with Crippen molar-refractivity contribution in [2.75, 3.05) is 19.8 Å². The molecule has 2 nitrogen and oxygen atoms in total. The number of hydrogen-bond acceptors (Lipinski definition) is 2. The highest BCUT2D eigenvalue weighted by Gasteiger charge is 2.21. The zero-order chi connectivity index (χ0) is 12.9. The number of fused-ring (bicyclic) bond motifs is 1. The maximum absolute atomic E-state index is 5.66. The van der Waals surface area contributed by atoms with Crippen molar-refractivity contribution < 1.29 is 4.74 Å². The summed E-state index contributed by atoms with van der Waals surface area (Å²) in [5.41, 5.74) is 3.09. The fourth-order valence-corrected chi connectivity index (χ4v) is 2.89. The molecule has 1 atom stereocenters. The normalized spacial score (nSPS) is 22.2. The third-order valence-corrected chi connectivity index (χ3v) is 4.30. The van der Waals surface area contributed by atoms with Gasteiger partial charge < -0.3 is 10.1 Å². The lowest BCUT2D eigenvalue weighted by Gasteiger charge is -2.25. The van der Waals surface area contributed by atoms with Gasteiger partial charge in [-0.1, -0.05) is 24.3 Å². The summed E-state index contributed by atoms with van der Waals surface area (Å²) < 4.78 is 5.66. The van der Waals surface area contributed by atoms with Crippen molar-refractivity contribution in [3.05, 3.63) is 35.4 Å². The molecular weight excluding hydrogens is 234 g/mol. The van der Waals surface area contributed by atoms with Gasteiger partial charge in [0.25, 0.3) is 0 Å². The minimum Gasteiger partial charge on any atom is -0.381 e. The topological polar surface area (TPSA) is 21.3 Å². The first-order valence-corrected chi connectivity index (χ1v) is 7.80. The summed E-state index contributed by atoms with van der Waals surface area (Å²) in [4.78, 5) is 0. The summed E-state index contributed by atoms with van der Waals surface area (Å²) in [6.07, 6.45) is 7.62. The highest BCUT2D eigenvalue weighted by Crippen LogP contribution is 2.28. The average Bonchev–Trinajstić information content (AvgIpc) is 3.27. The van der Waals surface area contributed by atoms with E-state index in [1.807, 2.05) is 0 Å². The Morgan fingerprint density at radius 3 is 2.79 bits per heavy atom.